The summed E-state index contributed by atoms with van der Waals surface area (Å²) < 4.78 is 10.9. The summed E-state index contributed by atoms with van der Waals surface area (Å²) in [7, 11) is 0. The second-order valence-electron chi connectivity index (χ2n) is 5.24. The number of carboxylic acids is 1. The molecule has 0 saturated heterocycles. The van der Waals surface area contributed by atoms with Crippen molar-refractivity contribution in [2.24, 2.45) is 5.41 Å². The Morgan fingerprint density at radius 2 is 1.65 bits per heavy atom. The van der Waals surface area contributed by atoms with Crippen LogP contribution in [0, 0.1) is 5.41 Å². The fraction of sp³-hybridized carbons (Fsp3) is 0.529. The average Bonchev–Trinajstić information content (AvgIpc) is 2.55. The van der Waals surface area contributed by atoms with E-state index in [9.17, 15) is 14.7 Å². The summed E-state index contributed by atoms with van der Waals surface area (Å²) in [5, 5.41) is 12.0. The molecular weight excluding hydrogens is 298 g/mol. The zero-order valence-corrected chi connectivity index (χ0v) is 13.9. The molecule has 0 aliphatic heterocycles. The van der Waals surface area contributed by atoms with E-state index in [0.717, 1.165) is 0 Å². The van der Waals surface area contributed by atoms with Gasteiger partial charge in [0.25, 0.3) is 5.91 Å². The summed E-state index contributed by atoms with van der Waals surface area (Å²) in [5.41, 5.74) is -0.932. The van der Waals surface area contributed by atoms with Gasteiger partial charge in [-0.2, -0.15) is 0 Å². The van der Waals surface area contributed by atoms with Gasteiger partial charge in [0.2, 0.25) is 0 Å². The predicted molar refractivity (Wildman–Crippen MR) is 86.8 cm³/mol. The third kappa shape index (κ3) is 5.16. The molecule has 0 aliphatic rings. The van der Waals surface area contributed by atoms with Gasteiger partial charge in [0.15, 0.2) is 18.1 Å². The summed E-state index contributed by atoms with van der Waals surface area (Å²) in [6.07, 6.45) is 0.903. The van der Waals surface area contributed by atoms with Crippen molar-refractivity contribution in [2.45, 2.75) is 33.6 Å². The Hall–Kier alpha value is -2.24. The van der Waals surface area contributed by atoms with Crippen molar-refractivity contribution in [1.82, 2.24) is 5.32 Å². The molecule has 6 nitrogen and oxygen atoms in total. The molecule has 0 fully saturated rings. The van der Waals surface area contributed by atoms with Crippen LogP contribution in [0.15, 0.2) is 24.3 Å². The molecule has 0 atom stereocenters. The smallest absolute Gasteiger partial charge is 0.311 e. The lowest BCUT2D eigenvalue weighted by Gasteiger charge is -2.26. The number of benzene rings is 1. The van der Waals surface area contributed by atoms with Gasteiger partial charge >= 0.3 is 5.97 Å². The van der Waals surface area contributed by atoms with E-state index in [2.05, 4.69) is 5.32 Å². The first kappa shape index (κ1) is 18.8. The number of carboxylic acid groups (broad SMARTS) is 1. The standard InChI is InChI=1S/C17H25NO5/c1-4-17(5-2,16(20)21)12-18-15(19)11-23-14-10-8-7-9-13(14)22-6-3/h7-10H,4-6,11-12H2,1-3H3,(H,18,19)(H,20,21). The van der Waals surface area contributed by atoms with Crippen molar-refractivity contribution < 1.29 is 24.2 Å². The molecule has 0 saturated carbocycles. The van der Waals surface area contributed by atoms with Crippen LogP contribution >= 0.6 is 0 Å². The summed E-state index contributed by atoms with van der Waals surface area (Å²) >= 11 is 0. The molecule has 0 spiro atoms. The molecule has 128 valence electrons. The minimum atomic E-state index is -0.932. The van der Waals surface area contributed by atoms with Crippen LogP contribution in [-0.4, -0.2) is 36.7 Å². The molecule has 1 aromatic rings. The number of carbonyl (C=O) groups excluding carboxylic acids is 1. The van der Waals surface area contributed by atoms with E-state index >= 15 is 0 Å². The average molecular weight is 323 g/mol. The van der Waals surface area contributed by atoms with Gasteiger partial charge in [0, 0.05) is 6.54 Å². The van der Waals surface area contributed by atoms with Crippen molar-refractivity contribution >= 4 is 11.9 Å². The number of para-hydroxylation sites is 2. The Kier molecular flexibility index (Phi) is 7.38. The molecule has 0 aliphatic carbocycles. The lowest BCUT2D eigenvalue weighted by Crippen LogP contribution is -2.43. The largest absolute Gasteiger partial charge is 0.490 e. The number of hydrogen-bond acceptors (Lipinski definition) is 4. The molecular formula is C17H25NO5. The molecule has 0 radical (unpaired) electrons. The normalized spacial score (nSPS) is 10.9. The maximum absolute atomic E-state index is 11.9. The quantitative estimate of drug-likeness (QED) is 0.691. The molecule has 2 N–H and O–H groups in total. The van der Waals surface area contributed by atoms with E-state index in [1.54, 1.807) is 32.0 Å². The highest BCUT2D eigenvalue weighted by atomic mass is 16.5. The van der Waals surface area contributed by atoms with Crippen LogP contribution in [0.1, 0.15) is 33.6 Å². The molecule has 1 amide bonds. The van der Waals surface area contributed by atoms with Crippen LogP contribution in [0.25, 0.3) is 0 Å². The number of hydrogen-bond donors (Lipinski definition) is 2. The number of aliphatic carboxylic acids is 1. The third-order valence-electron chi connectivity index (χ3n) is 3.94. The molecule has 0 unspecified atom stereocenters. The molecule has 23 heavy (non-hydrogen) atoms. The predicted octanol–water partition coefficient (Wildman–Crippen LogP) is 2.47. The summed E-state index contributed by atoms with van der Waals surface area (Å²) in [4.78, 5) is 23.3. The zero-order chi connectivity index (χ0) is 17.3. The lowest BCUT2D eigenvalue weighted by molar-refractivity contribution is -0.149. The van der Waals surface area contributed by atoms with Crippen molar-refractivity contribution in [3.63, 3.8) is 0 Å². The van der Waals surface area contributed by atoms with Crippen molar-refractivity contribution in [2.75, 3.05) is 19.8 Å². The highest BCUT2D eigenvalue weighted by Gasteiger charge is 2.35. The first-order chi connectivity index (χ1) is 11.0. The van der Waals surface area contributed by atoms with Gasteiger partial charge in [-0.1, -0.05) is 26.0 Å². The van der Waals surface area contributed by atoms with Crippen molar-refractivity contribution in [3.05, 3.63) is 24.3 Å². The minimum Gasteiger partial charge on any atom is -0.490 e. The molecule has 1 aromatic carbocycles. The molecule has 0 aromatic heterocycles. The van der Waals surface area contributed by atoms with E-state index in [0.29, 0.717) is 30.9 Å². The van der Waals surface area contributed by atoms with E-state index < -0.39 is 11.4 Å². The first-order valence-electron chi connectivity index (χ1n) is 7.83. The maximum Gasteiger partial charge on any atom is 0.311 e. The maximum atomic E-state index is 11.9. The minimum absolute atomic E-state index is 0.0879. The topological polar surface area (TPSA) is 84.9 Å². The number of amides is 1. The highest BCUT2D eigenvalue weighted by molar-refractivity contribution is 5.80. The number of rotatable bonds is 10. The van der Waals surface area contributed by atoms with Gasteiger partial charge in [-0.05, 0) is 31.9 Å². The van der Waals surface area contributed by atoms with E-state index in [1.807, 2.05) is 13.0 Å². The summed E-state index contributed by atoms with van der Waals surface area (Å²) in [6, 6.07) is 7.10. The zero-order valence-electron chi connectivity index (χ0n) is 13.9. The van der Waals surface area contributed by atoms with E-state index in [-0.39, 0.29) is 19.1 Å². The van der Waals surface area contributed by atoms with Crippen molar-refractivity contribution in [1.29, 1.82) is 0 Å². The van der Waals surface area contributed by atoms with Gasteiger partial charge in [-0.3, -0.25) is 9.59 Å². The Labute approximate surface area is 136 Å². The van der Waals surface area contributed by atoms with Gasteiger partial charge in [0.1, 0.15) is 0 Å². The van der Waals surface area contributed by atoms with Gasteiger partial charge in [-0.25, -0.2) is 0 Å². The molecule has 0 heterocycles. The second kappa shape index (κ2) is 9.02. The van der Waals surface area contributed by atoms with Crippen LogP contribution in [-0.2, 0) is 9.59 Å². The van der Waals surface area contributed by atoms with E-state index in [4.69, 9.17) is 9.47 Å². The Bertz CT molecular complexity index is 525. The first-order valence-corrected chi connectivity index (χ1v) is 7.83. The highest BCUT2D eigenvalue weighted by Crippen LogP contribution is 2.27. The SMILES string of the molecule is CCOc1ccccc1OCC(=O)NCC(CC)(CC)C(=O)O. The fourth-order valence-electron chi connectivity index (χ4n) is 2.18. The third-order valence-corrected chi connectivity index (χ3v) is 3.94. The molecule has 1 rings (SSSR count). The van der Waals surface area contributed by atoms with Gasteiger partial charge in [0.05, 0.1) is 12.0 Å². The number of ether oxygens (including phenoxy) is 2. The van der Waals surface area contributed by atoms with Crippen LogP contribution in [0.4, 0.5) is 0 Å². The van der Waals surface area contributed by atoms with Gasteiger partial charge < -0.3 is 19.9 Å². The lowest BCUT2D eigenvalue weighted by atomic mass is 9.82. The number of nitrogens with one attached hydrogen (secondary N) is 1. The van der Waals surface area contributed by atoms with E-state index in [1.165, 1.54) is 0 Å². The molecule has 0 bridgehead atoms. The van der Waals surface area contributed by atoms with Gasteiger partial charge in [-0.15, -0.1) is 0 Å². The number of carbonyl (C=O) groups is 2. The summed E-state index contributed by atoms with van der Waals surface area (Å²) in [5.74, 6) is -0.195. The summed E-state index contributed by atoms with van der Waals surface area (Å²) in [6.45, 7) is 5.88. The Balaban J connectivity index is 2.56. The fourth-order valence-corrected chi connectivity index (χ4v) is 2.18. The van der Waals surface area contributed by atoms with Crippen LogP contribution in [0.5, 0.6) is 11.5 Å². The van der Waals surface area contributed by atoms with Crippen LogP contribution < -0.4 is 14.8 Å². The molecule has 6 heteroatoms. The Morgan fingerprint density at radius 3 is 2.13 bits per heavy atom. The van der Waals surface area contributed by atoms with Crippen LogP contribution in [0.3, 0.4) is 0 Å². The van der Waals surface area contributed by atoms with Crippen LogP contribution in [0.2, 0.25) is 0 Å². The second-order valence-corrected chi connectivity index (χ2v) is 5.24. The van der Waals surface area contributed by atoms with Crippen molar-refractivity contribution in [3.8, 4) is 11.5 Å². The Morgan fingerprint density at radius 1 is 1.09 bits per heavy atom. The monoisotopic (exact) mass is 323 g/mol.